The number of rotatable bonds is 9. The minimum absolute atomic E-state index is 0.168. The number of morpholine rings is 1. The first-order chi connectivity index (χ1) is 14.9. The molecule has 1 heterocycles. The monoisotopic (exact) mass is 445 g/mol. The molecule has 0 radical (unpaired) electrons. The first-order valence-corrected chi connectivity index (χ1v) is 12.0. The molecular weight excluding hydrogens is 414 g/mol. The van der Waals surface area contributed by atoms with Gasteiger partial charge in [-0.3, -0.25) is 14.0 Å². The van der Waals surface area contributed by atoms with Crippen LogP contribution >= 0.6 is 0 Å². The van der Waals surface area contributed by atoms with Crippen LogP contribution in [0.5, 0.6) is 0 Å². The zero-order chi connectivity index (χ0) is 22.3. The summed E-state index contributed by atoms with van der Waals surface area (Å²) in [6.07, 6.45) is 0.806. The molecule has 1 fully saturated rings. The van der Waals surface area contributed by atoms with Crippen molar-refractivity contribution in [2.75, 3.05) is 50.2 Å². The molecule has 0 atom stereocenters. The first kappa shape index (κ1) is 23.2. The summed E-state index contributed by atoms with van der Waals surface area (Å²) in [5, 5.41) is 2.87. The molecule has 0 spiro atoms. The predicted molar refractivity (Wildman–Crippen MR) is 122 cm³/mol. The average Bonchev–Trinajstić information content (AvgIpc) is 2.77. The van der Waals surface area contributed by atoms with Gasteiger partial charge in [0, 0.05) is 19.6 Å². The number of nitrogens with zero attached hydrogens (tertiary/aromatic N) is 2. The van der Waals surface area contributed by atoms with Crippen LogP contribution in [-0.2, 0) is 19.6 Å². The molecule has 0 saturated carbocycles. The van der Waals surface area contributed by atoms with Crippen molar-refractivity contribution in [3.05, 3.63) is 59.7 Å². The van der Waals surface area contributed by atoms with E-state index in [9.17, 15) is 13.2 Å². The van der Waals surface area contributed by atoms with Gasteiger partial charge in [-0.15, -0.1) is 0 Å². The fourth-order valence-electron chi connectivity index (χ4n) is 3.52. The third-order valence-electron chi connectivity index (χ3n) is 5.36. The molecule has 2 aromatic carbocycles. The van der Waals surface area contributed by atoms with Crippen molar-refractivity contribution < 1.29 is 17.9 Å². The van der Waals surface area contributed by atoms with Gasteiger partial charge in [0.1, 0.15) is 6.54 Å². The number of sulfonamides is 1. The number of nitrogens with one attached hydrogen (secondary N) is 1. The lowest BCUT2D eigenvalue weighted by atomic mass is 10.2. The minimum Gasteiger partial charge on any atom is -0.379 e. The largest absolute Gasteiger partial charge is 0.379 e. The second-order valence-corrected chi connectivity index (χ2v) is 9.63. The van der Waals surface area contributed by atoms with E-state index in [0.717, 1.165) is 50.4 Å². The van der Waals surface area contributed by atoms with Crippen LogP contribution in [0.3, 0.4) is 0 Å². The van der Waals surface area contributed by atoms with Gasteiger partial charge >= 0.3 is 0 Å². The maximum Gasteiger partial charge on any atom is 0.264 e. The van der Waals surface area contributed by atoms with Gasteiger partial charge in [0.15, 0.2) is 0 Å². The molecule has 7 nitrogen and oxygen atoms in total. The number of amides is 1. The smallest absolute Gasteiger partial charge is 0.264 e. The van der Waals surface area contributed by atoms with Gasteiger partial charge in [-0.25, -0.2) is 8.42 Å². The highest BCUT2D eigenvalue weighted by Crippen LogP contribution is 2.26. The topological polar surface area (TPSA) is 79.0 Å². The number of hydrogen-bond donors (Lipinski definition) is 1. The van der Waals surface area contributed by atoms with Crippen LogP contribution in [-0.4, -0.2) is 65.2 Å². The molecule has 0 aromatic heterocycles. The molecule has 0 bridgehead atoms. The fourth-order valence-corrected chi connectivity index (χ4v) is 5.01. The molecule has 1 amide bonds. The summed E-state index contributed by atoms with van der Waals surface area (Å²) >= 11 is 0. The van der Waals surface area contributed by atoms with Crippen LogP contribution in [0.4, 0.5) is 5.69 Å². The maximum absolute atomic E-state index is 13.4. The summed E-state index contributed by atoms with van der Waals surface area (Å²) in [5.74, 6) is -0.319. The lowest BCUT2D eigenvalue weighted by molar-refractivity contribution is -0.119. The Morgan fingerprint density at radius 2 is 1.74 bits per heavy atom. The van der Waals surface area contributed by atoms with E-state index >= 15 is 0 Å². The zero-order valence-electron chi connectivity index (χ0n) is 18.2. The van der Waals surface area contributed by atoms with Crippen molar-refractivity contribution in [3.63, 3.8) is 0 Å². The van der Waals surface area contributed by atoms with Gasteiger partial charge in [0.05, 0.1) is 23.8 Å². The summed E-state index contributed by atoms with van der Waals surface area (Å²) in [6.45, 7) is 8.16. The molecule has 0 aliphatic carbocycles. The van der Waals surface area contributed by atoms with Gasteiger partial charge in [-0.05, 0) is 50.6 Å². The molecule has 3 rings (SSSR count). The molecule has 31 heavy (non-hydrogen) atoms. The lowest BCUT2D eigenvalue weighted by Gasteiger charge is -2.27. The van der Waals surface area contributed by atoms with Crippen molar-refractivity contribution >= 4 is 21.6 Å². The Hall–Kier alpha value is -2.42. The Morgan fingerprint density at radius 3 is 2.42 bits per heavy atom. The van der Waals surface area contributed by atoms with Crippen molar-refractivity contribution in [3.8, 4) is 0 Å². The van der Waals surface area contributed by atoms with E-state index in [2.05, 4.69) is 10.2 Å². The Balaban J connectivity index is 1.69. The minimum atomic E-state index is -3.89. The number of carbonyl (C=O) groups excluding carboxylic acids is 1. The predicted octanol–water partition coefficient (Wildman–Crippen LogP) is 2.34. The zero-order valence-corrected chi connectivity index (χ0v) is 19.0. The van der Waals surface area contributed by atoms with Crippen LogP contribution in [0.1, 0.15) is 17.5 Å². The molecule has 2 aromatic rings. The summed E-state index contributed by atoms with van der Waals surface area (Å²) in [4.78, 5) is 15.1. The maximum atomic E-state index is 13.4. The molecule has 168 valence electrons. The van der Waals surface area contributed by atoms with E-state index in [-0.39, 0.29) is 17.3 Å². The summed E-state index contributed by atoms with van der Waals surface area (Å²) < 4.78 is 33.3. The highest BCUT2D eigenvalue weighted by atomic mass is 32.2. The third-order valence-corrected chi connectivity index (χ3v) is 7.13. The van der Waals surface area contributed by atoms with E-state index in [4.69, 9.17) is 4.74 Å². The van der Waals surface area contributed by atoms with Gasteiger partial charge in [-0.2, -0.15) is 0 Å². The van der Waals surface area contributed by atoms with Gasteiger partial charge < -0.3 is 10.1 Å². The van der Waals surface area contributed by atoms with Crippen LogP contribution < -0.4 is 9.62 Å². The summed E-state index contributed by atoms with van der Waals surface area (Å²) in [5.41, 5.74) is 2.27. The van der Waals surface area contributed by atoms with Crippen molar-refractivity contribution in [2.24, 2.45) is 0 Å². The van der Waals surface area contributed by atoms with Crippen LogP contribution in [0, 0.1) is 13.8 Å². The van der Waals surface area contributed by atoms with Gasteiger partial charge in [-0.1, -0.05) is 35.9 Å². The second kappa shape index (κ2) is 10.7. The summed E-state index contributed by atoms with van der Waals surface area (Å²) in [6, 6.07) is 13.9. The quantitative estimate of drug-likeness (QED) is 0.600. The van der Waals surface area contributed by atoms with E-state index in [0.29, 0.717) is 12.2 Å². The van der Waals surface area contributed by atoms with Crippen molar-refractivity contribution in [2.45, 2.75) is 25.2 Å². The number of para-hydroxylation sites is 1. The van der Waals surface area contributed by atoms with Crippen LogP contribution in [0.15, 0.2) is 53.4 Å². The number of carbonyl (C=O) groups is 1. The van der Waals surface area contributed by atoms with Gasteiger partial charge in [0.2, 0.25) is 5.91 Å². The average molecular weight is 446 g/mol. The number of ether oxygens (including phenoxy) is 1. The molecular formula is C23H31N3O4S. The van der Waals surface area contributed by atoms with E-state index in [1.807, 2.05) is 26.0 Å². The van der Waals surface area contributed by atoms with E-state index in [1.165, 1.54) is 4.31 Å². The molecule has 1 aliphatic rings. The SMILES string of the molecule is Cc1ccc(S(=O)(=O)N(CC(=O)NCCCN2CCOCC2)c2ccccc2C)cc1. The van der Waals surface area contributed by atoms with E-state index in [1.54, 1.807) is 36.4 Å². The lowest BCUT2D eigenvalue weighted by Crippen LogP contribution is -2.42. The highest BCUT2D eigenvalue weighted by molar-refractivity contribution is 7.92. The Morgan fingerprint density at radius 1 is 1.06 bits per heavy atom. The Bertz CT molecular complexity index is 971. The highest BCUT2D eigenvalue weighted by Gasteiger charge is 2.28. The van der Waals surface area contributed by atoms with Crippen LogP contribution in [0.2, 0.25) is 0 Å². The number of aryl methyl sites for hydroxylation is 2. The fraction of sp³-hybridized carbons (Fsp3) is 0.435. The molecule has 1 aliphatic heterocycles. The molecule has 1 saturated heterocycles. The van der Waals surface area contributed by atoms with E-state index < -0.39 is 10.0 Å². The molecule has 1 N–H and O–H groups in total. The van der Waals surface area contributed by atoms with Gasteiger partial charge in [0.25, 0.3) is 10.0 Å². The number of hydrogen-bond acceptors (Lipinski definition) is 5. The molecule has 8 heteroatoms. The normalized spacial score (nSPS) is 14.9. The Labute approximate surface area is 185 Å². The first-order valence-electron chi connectivity index (χ1n) is 10.6. The standard InChI is InChI=1S/C23H31N3O4S/c1-19-8-10-21(11-9-19)31(28,29)26(22-7-4-3-6-20(22)2)18-23(27)24-12-5-13-25-14-16-30-17-15-25/h3-4,6-11H,5,12-18H2,1-2H3,(H,24,27). The second-order valence-electron chi connectivity index (χ2n) is 7.77. The van der Waals surface area contributed by atoms with Crippen molar-refractivity contribution in [1.82, 2.24) is 10.2 Å². The number of anilines is 1. The Kier molecular flexibility index (Phi) is 8.06. The van der Waals surface area contributed by atoms with Crippen molar-refractivity contribution in [1.29, 1.82) is 0 Å². The molecule has 0 unspecified atom stereocenters. The third kappa shape index (κ3) is 6.29. The number of benzene rings is 2. The summed E-state index contributed by atoms with van der Waals surface area (Å²) in [7, 11) is -3.89. The van der Waals surface area contributed by atoms with Crippen LogP contribution in [0.25, 0.3) is 0 Å².